The summed E-state index contributed by atoms with van der Waals surface area (Å²) >= 11 is 0. The topological polar surface area (TPSA) is 38.3 Å². The van der Waals surface area contributed by atoms with Gasteiger partial charge in [0.25, 0.3) is 5.91 Å². The van der Waals surface area contributed by atoms with Gasteiger partial charge in [0.05, 0.1) is 0 Å². The first-order chi connectivity index (χ1) is 12.0. The van der Waals surface area contributed by atoms with Crippen molar-refractivity contribution in [1.82, 2.24) is 5.32 Å². The zero-order valence-electron chi connectivity index (χ0n) is 15.7. The quantitative estimate of drug-likeness (QED) is 0.761. The number of benzene rings is 2. The lowest BCUT2D eigenvalue weighted by Gasteiger charge is -2.18. The molecule has 0 aliphatic carbocycles. The molecule has 0 radical (unpaired) electrons. The van der Waals surface area contributed by atoms with Gasteiger partial charge in [-0.2, -0.15) is 0 Å². The Morgan fingerprint density at radius 1 is 1.08 bits per heavy atom. The predicted octanol–water partition coefficient (Wildman–Crippen LogP) is 4.63. The number of amides is 1. The summed E-state index contributed by atoms with van der Waals surface area (Å²) < 4.78 is 5.89. The first-order valence-corrected chi connectivity index (χ1v) is 9.10. The van der Waals surface area contributed by atoms with Crippen molar-refractivity contribution in [2.45, 2.75) is 52.6 Å². The van der Waals surface area contributed by atoms with E-state index in [0.717, 1.165) is 17.7 Å². The summed E-state index contributed by atoms with van der Waals surface area (Å²) in [5.74, 6) is 1.26. The molecular formula is C22H29NO2. The molecule has 0 aromatic heterocycles. The first-order valence-electron chi connectivity index (χ1n) is 9.10. The monoisotopic (exact) mass is 339 g/mol. The number of aryl methyl sites for hydroxylation is 1. The minimum absolute atomic E-state index is 0.0513. The second kappa shape index (κ2) is 9.26. The van der Waals surface area contributed by atoms with Crippen molar-refractivity contribution >= 4 is 5.91 Å². The van der Waals surface area contributed by atoms with Crippen molar-refractivity contribution < 1.29 is 9.53 Å². The van der Waals surface area contributed by atoms with Gasteiger partial charge >= 0.3 is 0 Å². The van der Waals surface area contributed by atoms with Crippen LogP contribution in [-0.2, 0) is 11.2 Å². The van der Waals surface area contributed by atoms with Gasteiger partial charge in [0.2, 0.25) is 0 Å². The molecule has 2 aromatic rings. The molecule has 2 aromatic carbocycles. The van der Waals surface area contributed by atoms with E-state index in [1.54, 1.807) is 0 Å². The molecule has 0 fully saturated rings. The zero-order chi connectivity index (χ0) is 18.2. The largest absolute Gasteiger partial charge is 0.480 e. The minimum Gasteiger partial charge on any atom is -0.480 e. The standard InChI is InChI=1S/C22H29NO2/c1-5-20(25-21-9-7-6-8-17(21)4)22(24)23-15-14-18-10-12-19(13-11-18)16(2)3/h6-13,16,20H,5,14-15H2,1-4H3,(H,23,24)/t20-/m1/s1. The fraction of sp³-hybridized carbons (Fsp3) is 0.409. The van der Waals surface area contributed by atoms with Crippen LogP contribution in [0.15, 0.2) is 48.5 Å². The van der Waals surface area contributed by atoms with Gasteiger partial charge in [0.15, 0.2) is 6.10 Å². The number of hydrogen-bond acceptors (Lipinski definition) is 2. The van der Waals surface area contributed by atoms with Crippen molar-refractivity contribution in [3.63, 3.8) is 0 Å². The molecule has 0 aliphatic heterocycles. The fourth-order valence-corrected chi connectivity index (χ4v) is 2.68. The van der Waals surface area contributed by atoms with E-state index in [-0.39, 0.29) is 5.91 Å². The van der Waals surface area contributed by atoms with Crippen LogP contribution in [0.3, 0.4) is 0 Å². The Morgan fingerprint density at radius 3 is 2.36 bits per heavy atom. The maximum absolute atomic E-state index is 12.4. The predicted molar refractivity (Wildman–Crippen MR) is 103 cm³/mol. The van der Waals surface area contributed by atoms with Crippen LogP contribution >= 0.6 is 0 Å². The number of rotatable bonds is 8. The van der Waals surface area contributed by atoms with Crippen molar-refractivity contribution in [3.8, 4) is 5.75 Å². The van der Waals surface area contributed by atoms with E-state index in [1.807, 2.05) is 38.1 Å². The Bertz CT molecular complexity index is 677. The Balaban J connectivity index is 1.84. The van der Waals surface area contributed by atoms with Crippen molar-refractivity contribution in [1.29, 1.82) is 0 Å². The molecule has 2 rings (SSSR count). The van der Waals surface area contributed by atoms with Crippen LogP contribution < -0.4 is 10.1 Å². The highest BCUT2D eigenvalue weighted by atomic mass is 16.5. The molecule has 3 nitrogen and oxygen atoms in total. The molecule has 0 saturated carbocycles. The molecule has 25 heavy (non-hydrogen) atoms. The average Bonchev–Trinajstić information content (AvgIpc) is 2.61. The fourth-order valence-electron chi connectivity index (χ4n) is 2.68. The molecule has 0 spiro atoms. The minimum atomic E-state index is -0.454. The van der Waals surface area contributed by atoms with Crippen LogP contribution in [0.5, 0.6) is 5.75 Å². The maximum atomic E-state index is 12.4. The highest BCUT2D eigenvalue weighted by Gasteiger charge is 2.18. The highest BCUT2D eigenvalue weighted by molar-refractivity contribution is 5.81. The van der Waals surface area contributed by atoms with Gasteiger partial charge in [-0.3, -0.25) is 4.79 Å². The van der Waals surface area contributed by atoms with Crippen LogP contribution in [0, 0.1) is 6.92 Å². The summed E-state index contributed by atoms with van der Waals surface area (Å²) in [6.45, 7) is 8.95. The summed E-state index contributed by atoms with van der Waals surface area (Å²) in [6.07, 6.45) is 1.01. The van der Waals surface area contributed by atoms with Gasteiger partial charge in [-0.1, -0.05) is 63.2 Å². The smallest absolute Gasteiger partial charge is 0.261 e. The third-order valence-corrected chi connectivity index (χ3v) is 4.39. The van der Waals surface area contributed by atoms with E-state index in [4.69, 9.17) is 4.74 Å². The number of nitrogens with one attached hydrogen (secondary N) is 1. The second-order valence-corrected chi connectivity index (χ2v) is 6.72. The summed E-state index contributed by atoms with van der Waals surface area (Å²) in [5, 5.41) is 3.00. The second-order valence-electron chi connectivity index (χ2n) is 6.72. The summed E-state index contributed by atoms with van der Waals surface area (Å²) in [6, 6.07) is 16.4. The summed E-state index contributed by atoms with van der Waals surface area (Å²) in [4.78, 5) is 12.4. The molecule has 0 saturated heterocycles. The molecule has 0 unspecified atom stereocenters. The van der Waals surface area contributed by atoms with E-state index < -0.39 is 6.10 Å². The van der Waals surface area contributed by atoms with Gasteiger partial charge in [0, 0.05) is 6.54 Å². The molecule has 1 atom stereocenters. The first kappa shape index (κ1) is 19.0. The van der Waals surface area contributed by atoms with Gasteiger partial charge < -0.3 is 10.1 Å². The SMILES string of the molecule is CC[C@@H](Oc1ccccc1C)C(=O)NCCc1ccc(C(C)C)cc1. The van der Waals surface area contributed by atoms with E-state index >= 15 is 0 Å². The Morgan fingerprint density at radius 2 is 1.76 bits per heavy atom. The van der Waals surface area contributed by atoms with E-state index in [9.17, 15) is 4.79 Å². The number of carbonyl (C=O) groups excluding carboxylic acids is 1. The van der Waals surface area contributed by atoms with Crippen molar-refractivity contribution in [2.24, 2.45) is 0 Å². The number of para-hydroxylation sites is 1. The summed E-state index contributed by atoms with van der Waals surface area (Å²) in [5.41, 5.74) is 3.61. The van der Waals surface area contributed by atoms with Gasteiger partial charge in [-0.25, -0.2) is 0 Å². The summed E-state index contributed by atoms with van der Waals surface area (Å²) in [7, 11) is 0. The van der Waals surface area contributed by atoms with Gasteiger partial charge in [0.1, 0.15) is 5.75 Å². The van der Waals surface area contributed by atoms with Crippen LogP contribution in [-0.4, -0.2) is 18.6 Å². The third-order valence-electron chi connectivity index (χ3n) is 4.39. The highest BCUT2D eigenvalue weighted by Crippen LogP contribution is 2.19. The van der Waals surface area contributed by atoms with E-state index in [0.29, 0.717) is 18.9 Å². The van der Waals surface area contributed by atoms with Crippen LogP contribution in [0.1, 0.15) is 49.8 Å². The molecule has 0 aliphatic rings. The lowest BCUT2D eigenvalue weighted by molar-refractivity contribution is -0.128. The molecule has 0 heterocycles. The lowest BCUT2D eigenvalue weighted by Crippen LogP contribution is -2.39. The average molecular weight is 339 g/mol. The third kappa shape index (κ3) is 5.63. The van der Waals surface area contributed by atoms with Crippen molar-refractivity contribution in [2.75, 3.05) is 6.54 Å². The molecule has 1 N–H and O–H groups in total. The van der Waals surface area contributed by atoms with Crippen molar-refractivity contribution in [3.05, 3.63) is 65.2 Å². The molecule has 1 amide bonds. The van der Waals surface area contributed by atoms with E-state index in [2.05, 4.69) is 43.4 Å². The number of hydrogen-bond donors (Lipinski definition) is 1. The number of ether oxygens (including phenoxy) is 1. The molecule has 3 heteroatoms. The maximum Gasteiger partial charge on any atom is 0.261 e. The zero-order valence-corrected chi connectivity index (χ0v) is 15.7. The Kier molecular flexibility index (Phi) is 7.05. The molecular weight excluding hydrogens is 310 g/mol. The van der Waals surface area contributed by atoms with Gasteiger partial charge in [-0.05, 0) is 48.4 Å². The molecule has 0 bridgehead atoms. The Labute approximate surface area is 151 Å². The molecule has 134 valence electrons. The van der Waals surface area contributed by atoms with E-state index in [1.165, 1.54) is 11.1 Å². The van der Waals surface area contributed by atoms with Gasteiger partial charge in [-0.15, -0.1) is 0 Å². The normalized spacial score (nSPS) is 12.0. The van der Waals surface area contributed by atoms with Crippen LogP contribution in [0.25, 0.3) is 0 Å². The number of carbonyl (C=O) groups is 1. The Hall–Kier alpha value is -2.29. The van der Waals surface area contributed by atoms with Crippen LogP contribution in [0.2, 0.25) is 0 Å². The van der Waals surface area contributed by atoms with Crippen LogP contribution in [0.4, 0.5) is 0 Å². The lowest BCUT2D eigenvalue weighted by atomic mass is 10.0.